The van der Waals surface area contributed by atoms with Crippen molar-refractivity contribution in [3.63, 3.8) is 0 Å². The highest BCUT2D eigenvalue weighted by Gasteiger charge is 2.27. The number of rotatable bonds is 4. The third-order valence-corrected chi connectivity index (χ3v) is 6.43. The normalized spacial score (nSPS) is 18.4. The molecule has 0 saturated carbocycles. The molecule has 4 heteroatoms. The van der Waals surface area contributed by atoms with Crippen LogP contribution in [0.2, 0.25) is 0 Å². The van der Waals surface area contributed by atoms with Crippen molar-refractivity contribution in [2.24, 2.45) is 10.8 Å². The van der Waals surface area contributed by atoms with Gasteiger partial charge in [0.2, 0.25) is 0 Å². The predicted molar refractivity (Wildman–Crippen MR) is 143 cm³/mol. The SMILES string of the molecule is CC1(C)CC(/C=C/c2ccc(/C=C/C3=CC(=C(C#N)C#N)CC(C)(C)C3)cc2)=CC(=C(C#N)C#N)C1. The number of nitrogens with zero attached hydrogens (tertiary/aromatic N) is 4. The summed E-state index contributed by atoms with van der Waals surface area (Å²) in [5.74, 6) is 0. The van der Waals surface area contributed by atoms with Crippen LogP contribution in [-0.4, -0.2) is 0 Å². The van der Waals surface area contributed by atoms with Gasteiger partial charge in [0.05, 0.1) is 0 Å². The second-order valence-corrected chi connectivity index (χ2v) is 11.1. The second-order valence-electron chi connectivity index (χ2n) is 11.1. The molecule has 0 radical (unpaired) electrons. The molecule has 0 N–H and O–H groups in total. The van der Waals surface area contributed by atoms with Gasteiger partial charge in [0, 0.05) is 0 Å². The minimum absolute atomic E-state index is 0.00394. The molecule has 4 nitrogen and oxygen atoms in total. The largest absolute Gasteiger partial charge is 0.192 e. The molecule has 0 aromatic heterocycles. The van der Waals surface area contributed by atoms with Gasteiger partial charge in [0.15, 0.2) is 0 Å². The van der Waals surface area contributed by atoms with Gasteiger partial charge in [-0.2, -0.15) is 21.0 Å². The lowest BCUT2D eigenvalue weighted by Gasteiger charge is -2.30. The summed E-state index contributed by atoms with van der Waals surface area (Å²) in [5.41, 5.74) is 6.36. The summed E-state index contributed by atoms with van der Waals surface area (Å²) in [4.78, 5) is 0. The second kappa shape index (κ2) is 10.9. The van der Waals surface area contributed by atoms with Gasteiger partial charge in [-0.25, -0.2) is 0 Å². The molecule has 1 aromatic rings. The first-order valence-electron chi connectivity index (χ1n) is 12.0. The summed E-state index contributed by atoms with van der Waals surface area (Å²) in [6.07, 6.45) is 15.4. The molecule has 1 aromatic carbocycles. The molecule has 2 aliphatic rings. The van der Waals surface area contributed by atoms with Crippen LogP contribution < -0.4 is 0 Å². The van der Waals surface area contributed by atoms with Gasteiger partial charge < -0.3 is 0 Å². The van der Waals surface area contributed by atoms with Crippen molar-refractivity contribution in [1.29, 1.82) is 21.0 Å². The van der Waals surface area contributed by atoms with Crippen molar-refractivity contribution in [2.75, 3.05) is 0 Å². The van der Waals surface area contributed by atoms with E-state index in [1.807, 2.05) is 36.4 Å². The van der Waals surface area contributed by atoms with Gasteiger partial charge >= 0.3 is 0 Å². The number of allylic oxidation sites excluding steroid dienone is 10. The molecule has 0 bridgehead atoms. The van der Waals surface area contributed by atoms with Crippen LogP contribution in [0, 0.1) is 56.2 Å². The highest BCUT2D eigenvalue weighted by atomic mass is 14.4. The monoisotopic (exact) mass is 470 g/mol. The Balaban J connectivity index is 1.78. The van der Waals surface area contributed by atoms with Crippen molar-refractivity contribution >= 4 is 12.2 Å². The molecule has 178 valence electrons. The average molecular weight is 471 g/mol. The maximum Gasteiger partial charge on any atom is 0.132 e. The Morgan fingerprint density at radius 2 is 0.917 bits per heavy atom. The van der Waals surface area contributed by atoms with E-state index in [2.05, 4.69) is 76.3 Å². The first-order valence-corrected chi connectivity index (χ1v) is 12.0. The quantitative estimate of drug-likeness (QED) is 0.418. The van der Waals surface area contributed by atoms with Crippen LogP contribution in [0.15, 0.2) is 82.0 Å². The summed E-state index contributed by atoms with van der Waals surface area (Å²) >= 11 is 0. The first kappa shape index (κ1) is 26.2. The Bertz CT molecular complexity index is 1250. The van der Waals surface area contributed by atoms with E-state index in [9.17, 15) is 21.0 Å². The zero-order valence-electron chi connectivity index (χ0n) is 21.4. The summed E-state index contributed by atoms with van der Waals surface area (Å²) in [5, 5.41) is 37.1. The summed E-state index contributed by atoms with van der Waals surface area (Å²) in [6.45, 7) is 8.63. The molecule has 0 aliphatic heterocycles. The van der Waals surface area contributed by atoms with Crippen LogP contribution in [-0.2, 0) is 0 Å². The lowest BCUT2D eigenvalue weighted by molar-refractivity contribution is 0.354. The Hall–Kier alpha value is -4.38. The Labute approximate surface area is 214 Å². The van der Waals surface area contributed by atoms with Gasteiger partial charge in [0.1, 0.15) is 35.4 Å². The van der Waals surface area contributed by atoms with E-state index >= 15 is 0 Å². The number of benzene rings is 1. The van der Waals surface area contributed by atoms with Crippen LogP contribution >= 0.6 is 0 Å². The van der Waals surface area contributed by atoms with E-state index in [0.717, 1.165) is 59.1 Å². The summed E-state index contributed by atoms with van der Waals surface area (Å²) < 4.78 is 0. The van der Waals surface area contributed by atoms with Crippen LogP contribution in [0.5, 0.6) is 0 Å². The van der Waals surface area contributed by atoms with Gasteiger partial charge in [0.25, 0.3) is 0 Å². The van der Waals surface area contributed by atoms with Crippen LogP contribution in [0.4, 0.5) is 0 Å². The fourth-order valence-corrected chi connectivity index (χ4v) is 4.91. The highest BCUT2D eigenvalue weighted by molar-refractivity contribution is 5.61. The fraction of sp³-hybridized carbons (Fsp3) is 0.312. The third-order valence-electron chi connectivity index (χ3n) is 6.43. The number of hydrogen-bond donors (Lipinski definition) is 0. The molecule has 0 amide bonds. The maximum atomic E-state index is 9.27. The molecule has 0 fully saturated rings. The number of hydrogen-bond acceptors (Lipinski definition) is 4. The van der Waals surface area contributed by atoms with Gasteiger partial charge in [-0.05, 0) is 69.9 Å². The topological polar surface area (TPSA) is 95.2 Å². The van der Waals surface area contributed by atoms with E-state index < -0.39 is 0 Å². The molecule has 0 saturated heterocycles. The highest BCUT2D eigenvalue weighted by Crippen LogP contribution is 2.40. The molecule has 0 spiro atoms. The summed E-state index contributed by atoms with van der Waals surface area (Å²) in [6, 6.07) is 16.3. The Kier molecular flexibility index (Phi) is 7.95. The van der Waals surface area contributed by atoms with Crippen molar-refractivity contribution in [3.8, 4) is 24.3 Å². The minimum atomic E-state index is -0.00394. The standard InChI is InChI=1S/C32H30N4/c1-31(2)15-25(13-27(17-31)29(19-33)20-34)11-9-23-5-7-24(8-6-23)10-12-26-14-28(30(21-35)22-36)18-32(3,4)16-26/h5-14H,15-18H2,1-4H3/b11-9+,12-10+. The van der Waals surface area contributed by atoms with Crippen molar-refractivity contribution in [2.45, 2.75) is 53.4 Å². The van der Waals surface area contributed by atoms with E-state index in [0.29, 0.717) is 0 Å². The van der Waals surface area contributed by atoms with Crippen molar-refractivity contribution < 1.29 is 0 Å². The van der Waals surface area contributed by atoms with Crippen molar-refractivity contribution in [3.05, 3.63) is 93.1 Å². The molecular formula is C32H30N4. The third kappa shape index (κ3) is 6.83. The summed E-state index contributed by atoms with van der Waals surface area (Å²) in [7, 11) is 0. The van der Waals surface area contributed by atoms with Gasteiger partial charge in [-0.3, -0.25) is 0 Å². The van der Waals surface area contributed by atoms with E-state index in [1.165, 1.54) is 0 Å². The first-order chi connectivity index (χ1) is 17.1. The molecular weight excluding hydrogens is 440 g/mol. The molecule has 0 atom stereocenters. The number of nitriles is 4. The van der Waals surface area contributed by atoms with Crippen LogP contribution in [0.25, 0.3) is 12.2 Å². The maximum absolute atomic E-state index is 9.27. The lowest BCUT2D eigenvalue weighted by Crippen LogP contribution is -2.17. The fourth-order valence-electron chi connectivity index (χ4n) is 4.91. The van der Waals surface area contributed by atoms with E-state index in [4.69, 9.17) is 0 Å². The van der Waals surface area contributed by atoms with Gasteiger partial charge in [-0.15, -0.1) is 0 Å². The smallest absolute Gasteiger partial charge is 0.132 e. The molecule has 0 unspecified atom stereocenters. The molecule has 3 rings (SSSR count). The van der Waals surface area contributed by atoms with Crippen LogP contribution in [0.1, 0.15) is 64.5 Å². The average Bonchev–Trinajstić information content (AvgIpc) is 2.82. The Morgan fingerprint density at radius 3 is 1.22 bits per heavy atom. The molecule has 36 heavy (non-hydrogen) atoms. The zero-order valence-corrected chi connectivity index (χ0v) is 21.4. The zero-order chi connectivity index (χ0) is 26.3. The Morgan fingerprint density at radius 1 is 0.583 bits per heavy atom. The van der Waals surface area contributed by atoms with E-state index in [-0.39, 0.29) is 22.0 Å². The van der Waals surface area contributed by atoms with E-state index in [1.54, 1.807) is 0 Å². The van der Waals surface area contributed by atoms with Crippen LogP contribution in [0.3, 0.4) is 0 Å². The van der Waals surface area contributed by atoms with Gasteiger partial charge in [-0.1, -0.05) is 88.4 Å². The van der Waals surface area contributed by atoms with Crippen molar-refractivity contribution in [1.82, 2.24) is 0 Å². The minimum Gasteiger partial charge on any atom is -0.192 e. The molecule has 2 aliphatic carbocycles. The lowest BCUT2D eigenvalue weighted by atomic mass is 9.74. The predicted octanol–water partition coefficient (Wildman–Crippen LogP) is 7.89. The molecule has 0 heterocycles.